The Morgan fingerprint density at radius 1 is 1.44 bits per heavy atom. The summed E-state index contributed by atoms with van der Waals surface area (Å²) in [5, 5.41) is 14.7. The monoisotopic (exact) mass is 282 g/mol. The summed E-state index contributed by atoms with van der Waals surface area (Å²) in [6.07, 6.45) is 0. The maximum atomic E-state index is 11.0. The lowest BCUT2D eigenvalue weighted by Gasteiger charge is -1.97. The highest BCUT2D eigenvalue weighted by atomic mass is 35.5. The van der Waals surface area contributed by atoms with Crippen LogP contribution in [0, 0.1) is 10.1 Å². The van der Waals surface area contributed by atoms with Gasteiger partial charge in [0.2, 0.25) is 0 Å². The number of hydrogen-bond donors (Lipinski definition) is 1. The Morgan fingerprint density at radius 3 is 2.83 bits per heavy atom. The number of nitro groups is 1. The number of thiophene rings is 1. The van der Waals surface area contributed by atoms with Gasteiger partial charge in [0.05, 0.1) is 4.92 Å². The third-order valence-corrected chi connectivity index (χ3v) is 3.73. The molecule has 0 fully saturated rings. The van der Waals surface area contributed by atoms with Crippen LogP contribution in [-0.4, -0.2) is 11.5 Å². The van der Waals surface area contributed by atoms with Crippen molar-refractivity contribution >= 4 is 33.6 Å². The highest BCUT2D eigenvalue weighted by Gasteiger charge is 2.19. The van der Waals surface area contributed by atoms with Crippen LogP contribution in [0.25, 0.3) is 10.4 Å². The third-order valence-electron chi connectivity index (χ3n) is 2.35. The summed E-state index contributed by atoms with van der Waals surface area (Å²) in [6.45, 7) is 2.55. The zero-order chi connectivity index (χ0) is 13.1. The van der Waals surface area contributed by atoms with Gasteiger partial charge in [0.25, 0.3) is 0 Å². The van der Waals surface area contributed by atoms with Crippen molar-refractivity contribution < 1.29 is 4.92 Å². The lowest BCUT2D eigenvalue weighted by molar-refractivity contribution is -0.379. The zero-order valence-corrected chi connectivity index (χ0v) is 11.2. The minimum Gasteiger partial charge on any atom is -0.379 e. The van der Waals surface area contributed by atoms with E-state index in [1.807, 2.05) is 19.1 Å². The van der Waals surface area contributed by atoms with Crippen molar-refractivity contribution in [1.29, 1.82) is 0 Å². The average Bonchev–Trinajstić information content (AvgIpc) is 2.74. The first kappa shape index (κ1) is 12.9. The highest BCUT2D eigenvalue weighted by Crippen LogP contribution is 2.40. The van der Waals surface area contributed by atoms with E-state index in [9.17, 15) is 10.1 Å². The van der Waals surface area contributed by atoms with Gasteiger partial charge in [-0.1, -0.05) is 35.1 Å². The van der Waals surface area contributed by atoms with Crippen molar-refractivity contribution in [2.75, 3.05) is 11.9 Å². The van der Waals surface area contributed by atoms with Gasteiger partial charge in [-0.15, -0.1) is 0 Å². The quantitative estimate of drug-likeness (QED) is 0.667. The van der Waals surface area contributed by atoms with Crippen molar-refractivity contribution in [1.82, 2.24) is 0 Å². The molecule has 0 saturated heterocycles. The number of hydrogen-bond acceptors (Lipinski definition) is 4. The standard InChI is InChI=1S/C12H11ClN2O2S/c1-2-14-10-7-11(18-12(10)15(16)17)8-4-3-5-9(13)6-8/h3-7,14H,2H2,1H3. The molecule has 0 atom stereocenters. The predicted molar refractivity (Wildman–Crippen MR) is 75.6 cm³/mol. The molecule has 2 aromatic rings. The summed E-state index contributed by atoms with van der Waals surface area (Å²) in [4.78, 5) is 11.4. The van der Waals surface area contributed by atoms with E-state index in [1.54, 1.807) is 18.2 Å². The van der Waals surface area contributed by atoms with E-state index in [0.717, 1.165) is 21.8 Å². The van der Waals surface area contributed by atoms with Gasteiger partial charge in [-0.05, 0) is 30.7 Å². The molecule has 0 spiro atoms. The Bertz CT molecular complexity index is 583. The van der Waals surface area contributed by atoms with E-state index in [1.165, 1.54) is 0 Å². The van der Waals surface area contributed by atoms with Gasteiger partial charge in [-0.3, -0.25) is 10.1 Å². The summed E-state index contributed by atoms with van der Waals surface area (Å²) in [7, 11) is 0. The first-order valence-electron chi connectivity index (χ1n) is 5.40. The van der Waals surface area contributed by atoms with Gasteiger partial charge in [-0.2, -0.15) is 0 Å². The summed E-state index contributed by atoms with van der Waals surface area (Å²) >= 11 is 7.07. The molecule has 2 rings (SSSR count). The van der Waals surface area contributed by atoms with Gasteiger partial charge in [0, 0.05) is 16.4 Å². The molecule has 1 N–H and O–H groups in total. The van der Waals surface area contributed by atoms with Crippen LogP contribution in [0.15, 0.2) is 30.3 Å². The molecule has 0 unspecified atom stereocenters. The first-order chi connectivity index (χ1) is 8.61. The van der Waals surface area contributed by atoms with Crippen LogP contribution in [0.4, 0.5) is 10.7 Å². The Balaban J connectivity index is 2.46. The number of anilines is 1. The number of rotatable bonds is 4. The van der Waals surface area contributed by atoms with Crippen molar-refractivity contribution in [2.24, 2.45) is 0 Å². The molecule has 1 heterocycles. The number of halogens is 1. The molecule has 1 aromatic carbocycles. The molecule has 0 amide bonds. The van der Waals surface area contributed by atoms with E-state index in [4.69, 9.17) is 11.6 Å². The van der Waals surface area contributed by atoms with Crippen molar-refractivity contribution in [3.63, 3.8) is 0 Å². The van der Waals surface area contributed by atoms with Crippen LogP contribution in [0.5, 0.6) is 0 Å². The Morgan fingerprint density at radius 2 is 2.22 bits per heavy atom. The lowest BCUT2D eigenvalue weighted by Crippen LogP contribution is -1.97. The molecule has 0 aliphatic carbocycles. The fourth-order valence-electron chi connectivity index (χ4n) is 1.62. The predicted octanol–water partition coefficient (Wildman–Crippen LogP) is 4.41. The van der Waals surface area contributed by atoms with Crippen LogP contribution in [0.3, 0.4) is 0 Å². The molecular weight excluding hydrogens is 272 g/mol. The van der Waals surface area contributed by atoms with Gasteiger partial charge < -0.3 is 5.32 Å². The van der Waals surface area contributed by atoms with E-state index >= 15 is 0 Å². The average molecular weight is 283 g/mol. The van der Waals surface area contributed by atoms with E-state index in [2.05, 4.69) is 5.32 Å². The van der Waals surface area contributed by atoms with Crippen molar-refractivity contribution in [2.45, 2.75) is 6.92 Å². The van der Waals surface area contributed by atoms with Crippen LogP contribution in [-0.2, 0) is 0 Å². The Kier molecular flexibility index (Phi) is 3.84. The van der Waals surface area contributed by atoms with E-state index in [-0.39, 0.29) is 9.92 Å². The molecule has 94 valence electrons. The topological polar surface area (TPSA) is 55.2 Å². The van der Waals surface area contributed by atoms with Gasteiger partial charge in [0.15, 0.2) is 0 Å². The Hall–Kier alpha value is -1.59. The minimum absolute atomic E-state index is 0.131. The Labute approximate surface area is 113 Å². The smallest absolute Gasteiger partial charge is 0.347 e. The zero-order valence-electron chi connectivity index (χ0n) is 9.64. The van der Waals surface area contributed by atoms with Crippen molar-refractivity contribution in [3.8, 4) is 10.4 Å². The van der Waals surface area contributed by atoms with Gasteiger partial charge in [0.1, 0.15) is 5.69 Å². The highest BCUT2D eigenvalue weighted by molar-refractivity contribution is 7.19. The molecule has 6 heteroatoms. The SMILES string of the molecule is CCNc1cc(-c2cccc(Cl)c2)sc1[N+](=O)[O-]. The second kappa shape index (κ2) is 5.37. The van der Waals surface area contributed by atoms with E-state index < -0.39 is 0 Å². The van der Waals surface area contributed by atoms with Crippen molar-refractivity contribution in [3.05, 3.63) is 45.5 Å². The maximum Gasteiger partial charge on any atom is 0.347 e. The molecule has 0 bridgehead atoms. The second-order valence-corrected chi connectivity index (χ2v) is 5.09. The summed E-state index contributed by atoms with van der Waals surface area (Å²) in [6, 6.07) is 9.08. The number of nitrogens with one attached hydrogen (secondary N) is 1. The summed E-state index contributed by atoms with van der Waals surface area (Å²) < 4.78 is 0. The van der Waals surface area contributed by atoms with Gasteiger partial charge >= 0.3 is 5.00 Å². The lowest BCUT2D eigenvalue weighted by atomic mass is 10.2. The molecule has 0 saturated carbocycles. The second-order valence-electron chi connectivity index (χ2n) is 3.63. The maximum absolute atomic E-state index is 11.0. The van der Waals surface area contributed by atoms with E-state index in [0.29, 0.717) is 17.3 Å². The summed E-state index contributed by atoms with van der Waals surface area (Å²) in [5.74, 6) is 0. The fraction of sp³-hybridized carbons (Fsp3) is 0.167. The molecule has 0 aliphatic rings. The summed E-state index contributed by atoms with van der Waals surface area (Å²) in [5.41, 5.74) is 1.45. The molecular formula is C12H11ClN2O2S. The van der Waals surface area contributed by atoms with Crippen LogP contribution >= 0.6 is 22.9 Å². The normalized spacial score (nSPS) is 10.3. The molecule has 1 aromatic heterocycles. The minimum atomic E-state index is -0.364. The largest absolute Gasteiger partial charge is 0.379 e. The van der Waals surface area contributed by atoms with Gasteiger partial charge in [-0.25, -0.2) is 0 Å². The molecule has 4 nitrogen and oxygen atoms in total. The molecule has 0 radical (unpaired) electrons. The van der Waals surface area contributed by atoms with Crippen LogP contribution in [0.1, 0.15) is 6.92 Å². The van der Waals surface area contributed by atoms with Crippen LogP contribution in [0.2, 0.25) is 5.02 Å². The number of benzene rings is 1. The third kappa shape index (κ3) is 2.63. The van der Waals surface area contributed by atoms with Crippen LogP contribution < -0.4 is 5.32 Å². The molecule has 0 aliphatic heterocycles. The molecule has 18 heavy (non-hydrogen) atoms. The number of nitrogens with zero attached hydrogens (tertiary/aromatic N) is 1. The fourth-order valence-corrected chi connectivity index (χ4v) is 2.75. The first-order valence-corrected chi connectivity index (χ1v) is 6.59.